The van der Waals surface area contributed by atoms with Gasteiger partial charge in [0, 0.05) is 37.8 Å². The van der Waals surface area contributed by atoms with Crippen LogP contribution in [0.5, 0.6) is 0 Å². The minimum Gasteiger partial charge on any atom is -0.330 e. The average molecular weight is 407 g/mol. The summed E-state index contributed by atoms with van der Waals surface area (Å²) in [6.45, 7) is 0.426. The molecule has 0 aliphatic rings. The lowest BCUT2D eigenvalue weighted by Gasteiger charge is -2.11. The number of sulfonamides is 1. The lowest BCUT2D eigenvalue weighted by Crippen LogP contribution is -2.22. The topological polar surface area (TPSA) is 84.3 Å². The predicted molar refractivity (Wildman–Crippen MR) is 105 cm³/mol. The molecule has 0 aliphatic heterocycles. The number of hydrogen-bond acceptors (Lipinski definition) is 4. The third kappa shape index (κ3) is 4.29. The molecule has 2 aromatic carbocycles. The van der Waals surface area contributed by atoms with Gasteiger partial charge in [0.2, 0.25) is 15.9 Å². The molecule has 1 N–H and O–H groups in total. The number of rotatable bonds is 6. The molecule has 27 heavy (non-hydrogen) atoms. The Morgan fingerprint density at radius 1 is 1.19 bits per heavy atom. The van der Waals surface area contributed by atoms with Crippen LogP contribution in [0.25, 0.3) is 11.0 Å². The van der Waals surface area contributed by atoms with Gasteiger partial charge in [0.25, 0.3) is 0 Å². The number of anilines is 1. The Hall–Kier alpha value is -2.42. The molecule has 1 heterocycles. The number of nitrogens with zero attached hydrogens (tertiary/aromatic N) is 3. The molecule has 3 aromatic rings. The molecule has 0 spiro atoms. The van der Waals surface area contributed by atoms with Crippen molar-refractivity contribution in [1.82, 2.24) is 13.9 Å². The van der Waals surface area contributed by atoms with Gasteiger partial charge in [-0.1, -0.05) is 11.6 Å². The quantitative estimate of drug-likeness (QED) is 0.682. The monoisotopic (exact) mass is 406 g/mol. The van der Waals surface area contributed by atoms with Gasteiger partial charge in [-0.2, -0.15) is 0 Å². The minimum absolute atomic E-state index is 0.133. The third-order valence-electron chi connectivity index (χ3n) is 4.08. The van der Waals surface area contributed by atoms with Crippen LogP contribution in [0.15, 0.2) is 53.7 Å². The number of nitrogens with one attached hydrogen (secondary N) is 1. The lowest BCUT2D eigenvalue weighted by atomic mass is 10.3. The van der Waals surface area contributed by atoms with Gasteiger partial charge in [0.1, 0.15) is 0 Å². The zero-order chi connectivity index (χ0) is 19.6. The van der Waals surface area contributed by atoms with E-state index in [9.17, 15) is 13.2 Å². The number of carbonyl (C=O) groups is 1. The molecule has 3 rings (SSSR count). The highest BCUT2D eigenvalue weighted by atomic mass is 35.5. The molecule has 0 bridgehead atoms. The zero-order valence-electron chi connectivity index (χ0n) is 14.9. The fourth-order valence-corrected chi connectivity index (χ4v) is 3.62. The first-order chi connectivity index (χ1) is 12.8. The average Bonchev–Trinajstić information content (AvgIpc) is 3.04. The summed E-state index contributed by atoms with van der Waals surface area (Å²) in [6, 6.07) is 11.7. The van der Waals surface area contributed by atoms with Crippen molar-refractivity contribution in [2.45, 2.75) is 17.9 Å². The second-order valence-electron chi connectivity index (χ2n) is 6.18. The van der Waals surface area contributed by atoms with Crippen molar-refractivity contribution in [2.75, 3.05) is 19.4 Å². The van der Waals surface area contributed by atoms with Gasteiger partial charge >= 0.3 is 0 Å². The van der Waals surface area contributed by atoms with Crippen LogP contribution in [0.2, 0.25) is 5.02 Å². The molecule has 0 atom stereocenters. The third-order valence-corrected chi connectivity index (χ3v) is 6.14. The Kier molecular flexibility index (Phi) is 5.50. The molecule has 1 aromatic heterocycles. The Bertz CT molecular complexity index is 1080. The number of fused-ring (bicyclic) bond motifs is 1. The number of benzene rings is 2. The van der Waals surface area contributed by atoms with Crippen LogP contribution >= 0.6 is 11.6 Å². The minimum atomic E-state index is -3.51. The van der Waals surface area contributed by atoms with Gasteiger partial charge in [-0.15, -0.1) is 0 Å². The smallest absolute Gasteiger partial charge is 0.242 e. The SMILES string of the molecule is CN(C)S(=O)(=O)c1ccc2c(c1)ncn2CCC(=O)Nc1ccc(Cl)cc1. The van der Waals surface area contributed by atoms with E-state index in [0.717, 1.165) is 9.82 Å². The summed E-state index contributed by atoms with van der Waals surface area (Å²) in [7, 11) is -0.545. The Labute approximate surface area is 162 Å². The number of carbonyl (C=O) groups excluding carboxylic acids is 1. The molecule has 0 unspecified atom stereocenters. The molecule has 0 fully saturated rings. The maximum atomic E-state index is 12.2. The van der Waals surface area contributed by atoms with E-state index in [-0.39, 0.29) is 17.2 Å². The van der Waals surface area contributed by atoms with Crippen LogP contribution in [0.3, 0.4) is 0 Å². The van der Waals surface area contributed by atoms with Crippen molar-refractivity contribution in [2.24, 2.45) is 0 Å². The van der Waals surface area contributed by atoms with Crippen LogP contribution in [0.1, 0.15) is 6.42 Å². The molecular weight excluding hydrogens is 388 g/mol. The maximum Gasteiger partial charge on any atom is 0.242 e. The summed E-state index contributed by atoms with van der Waals surface area (Å²) in [5, 5.41) is 3.41. The first-order valence-electron chi connectivity index (χ1n) is 8.20. The highest BCUT2D eigenvalue weighted by Gasteiger charge is 2.18. The highest BCUT2D eigenvalue weighted by molar-refractivity contribution is 7.89. The second-order valence-corrected chi connectivity index (χ2v) is 8.77. The van der Waals surface area contributed by atoms with Gasteiger partial charge in [0.15, 0.2) is 0 Å². The fraction of sp³-hybridized carbons (Fsp3) is 0.222. The summed E-state index contributed by atoms with van der Waals surface area (Å²) < 4.78 is 27.4. The normalized spacial score (nSPS) is 11.9. The van der Waals surface area contributed by atoms with Crippen LogP contribution in [-0.4, -0.2) is 42.3 Å². The number of imidazole rings is 1. The van der Waals surface area contributed by atoms with Crippen molar-refractivity contribution in [3.05, 3.63) is 53.8 Å². The number of hydrogen-bond donors (Lipinski definition) is 1. The molecule has 7 nitrogen and oxygen atoms in total. The van der Waals surface area contributed by atoms with E-state index in [1.165, 1.54) is 20.2 Å². The largest absolute Gasteiger partial charge is 0.330 e. The Morgan fingerprint density at radius 3 is 2.56 bits per heavy atom. The van der Waals surface area contributed by atoms with Gasteiger partial charge in [0.05, 0.1) is 22.3 Å². The van der Waals surface area contributed by atoms with E-state index >= 15 is 0 Å². The summed E-state index contributed by atoms with van der Waals surface area (Å²) >= 11 is 5.83. The summed E-state index contributed by atoms with van der Waals surface area (Å²) in [5.74, 6) is -0.133. The molecule has 0 aliphatic carbocycles. The molecule has 0 radical (unpaired) electrons. The van der Waals surface area contributed by atoms with Gasteiger partial charge in [-0.05, 0) is 42.5 Å². The fourth-order valence-electron chi connectivity index (χ4n) is 2.57. The van der Waals surface area contributed by atoms with E-state index in [1.807, 2.05) is 4.57 Å². The van der Waals surface area contributed by atoms with Crippen LogP contribution in [-0.2, 0) is 21.4 Å². The molecule has 0 saturated carbocycles. The van der Waals surface area contributed by atoms with Crippen LogP contribution in [0.4, 0.5) is 5.69 Å². The van der Waals surface area contributed by atoms with Crippen molar-refractivity contribution in [1.29, 1.82) is 0 Å². The number of aromatic nitrogens is 2. The molecule has 0 saturated heterocycles. The standard InChI is InChI=1S/C18H19ClN4O3S/c1-22(2)27(25,26)15-7-8-17-16(11-15)20-12-23(17)10-9-18(24)21-14-5-3-13(19)4-6-14/h3-8,11-12H,9-10H2,1-2H3,(H,21,24). The first kappa shape index (κ1) is 19.3. The highest BCUT2D eigenvalue weighted by Crippen LogP contribution is 2.20. The van der Waals surface area contributed by atoms with Crippen LogP contribution in [0, 0.1) is 0 Å². The van der Waals surface area contributed by atoms with E-state index in [4.69, 9.17) is 11.6 Å². The van der Waals surface area contributed by atoms with Crippen molar-refractivity contribution in [3.63, 3.8) is 0 Å². The van der Waals surface area contributed by atoms with Gasteiger partial charge in [-0.3, -0.25) is 4.79 Å². The Balaban J connectivity index is 1.70. The van der Waals surface area contributed by atoms with E-state index in [0.29, 0.717) is 22.8 Å². The van der Waals surface area contributed by atoms with E-state index in [1.54, 1.807) is 42.7 Å². The Morgan fingerprint density at radius 2 is 1.89 bits per heavy atom. The van der Waals surface area contributed by atoms with Gasteiger partial charge in [-0.25, -0.2) is 17.7 Å². The first-order valence-corrected chi connectivity index (χ1v) is 10.0. The molecule has 9 heteroatoms. The summed E-state index contributed by atoms with van der Waals surface area (Å²) in [4.78, 5) is 16.6. The maximum absolute atomic E-state index is 12.2. The summed E-state index contributed by atoms with van der Waals surface area (Å²) in [5.41, 5.74) is 2.02. The molecule has 142 valence electrons. The number of aryl methyl sites for hydroxylation is 1. The van der Waals surface area contributed by atoms with Crippen molar-refractivity contribution >= 4 is 44.3 Å². The number of halogens is 1. The summed E-state index contributed by atoms with van der Waals surface area (Å²) in [6.07, 6.45) is 1.86. The predicted octanol–water partition coefficient (Wildman–Crippen LogP) is 2.97. The molecular formula is C18H19ClN4O3S. The van der Waals surface area contributed by atoms with E-state index in [2.05, 4.69) is 10.3 Å². The number of amides is 1. The van der Waals surface area contributed by atoms with Crippen molar-refractivity contribution < 1.29 is 13.2 Å². The van der Waals surface area contributed by atoms with Crippen molar-refractivity contribution in [3.8, 4) is 0 Å². The van der Waals surface area contributed by atoms with Gasteiger partial charge < -0.3 is 9.88 Å². The van der Waals surface area contributed by atoms with E-state index < -0.39 is 10.0 Å². The zero-order valence-corrected chi connectivity index (χ0v) is 16.5. The lowest BCUT2D eigenvalue weighted by molar-refractivity contribution is -0.116. The van der Waals surface area contributed by atoms with Crippen LogP contribution < -0.4 is 5.32 Å². The molecule has 1 amide bonds. The second kappa shape index (κ2) is 7.67.